The molecule has 6 heteroatoms. The molecular formula is C19H16N4O2. The predicted molar refractivity (Wildman–Crippen MR) is 92.2 cm³/mol. The smallest absolute Gasteiger partial charge is 0.256 e. The molecule has 1 atom stereocenters. The van der Waals surface area contributed by atoms with Crippen LogP contribution >= 0.6 is 0 Å². The standard InChI is InChI=1S/C19H16N4O2/c20-10-13-5-7-21-18(9-13)25-14-6-8-23(12-14)19(24)16-11-22-17-4-2-1-3-15(16)17/h1-5,7,9,11,14,22H,6,8,12H2. The number of nitrogens with zero attached hydrogens (tertiary/aromatic N) is 3. The Balaban J connectivity index is 1.47. The molecule has 4 rings (SSSR count). The normalized spacial score (nSPS) is 16.8. The number of aromatic nitrogens is 2. The third-order valence-corrected chi connectivity index (χ3v) is 4.40. The Morgan fingerprint density at radius 1 is 1.36 bits per heavy atom. The van der Waals surface area contributed by atoms with Crippen molar-refractivity contribution in [3.8, 4) is 11.9 Å². The summed E-state index contributed by atoms with van der Waals surface area (Å²) in [7, 11) is 0. The van der Waals surface area contributed by atoms with Crippen LogP contribution in [0.4, 0.5) is 0 Å². The number of pyridine rings is 1. The van der Waals surface area contributed by atoms with Gasteiger partial charge in [-0.05, 0) is 12.1 Å². The number of ether oxygens (including phenoxy) is 1. The summed E-state index contributed by atoms with van der Waals surface area (Å²) in [6.07, 6.45) is 3.94. The molecule has 3 heterocycles. The summed E-state index contributed by atoms with van der Waals surface area (Å²) in [4.78, 5) is 21.9. The van der Waals surface area contributed by atoms with Crippen LogP contribution in [0.3, 0.4) is 0 Å². The van der Waals surface area contributed by atoms with E-state index in [1.54, 1.807) is 29.4 Å². The lowest BCUT2D eigenvalue weighted by Gasteiger charge is -2.16. The van der Waals surface area contributed by atoms with Crippen LogP contribution in [0.1, 0.15) is 22.3 Å². The van der Waals surface area contributed by atoms with Gasteiger partial charge in [0.2, 0.25) is 5.88 Å². The van der Waals surface area contributed by atoms with Crippen molar-refractivity contribution in [1.29, 1.82) is 5.26 Å². The van der Waals surface area contributed by atoms with E-state index >= 15 is 0 Å². The van der Waals surface area contributed by atoms with Gasteiger partial charge in [-0.15, -0.1) is 0 Å². The second-order valence-corrected chi connectivity index (χ2v) is 6.02. The number of H-pyrrole nitrogens is 1. The monoisotopic (exact) mass is 332 g/mol. The fourth-order valence-corrected chi connectivity index (χ4v) is 3.14. The van der Waals surface area contributed by atoms with Gasteiger partial charge in [0.25, 0.3) is 5.91 Å². The number of aromatic amines is 1. The van der Waals surface area contributed by atoms with Crippen molar-refractivity contribution >= 4 is 16.8 Å². The molecule has 2 aromatic heterocycles. The van der Waals surface area contributed by atoms with Crippen molar-refractivity contribution in [3.63, 3.8) is 0 Å². The van der Waals surface area contributed by atoms with E-state index in [0.29, 0.717) is 30.1 Å². The molecule has 0 saturated carbocycles. The van der Waals surface area contributed by atoms with Gasteiger partial charge in [0, 0.05) is 42.3 Å². The molecule has 1 saturated heterocycles. The number of hydrogen-bond donors (Lipinski definition) is 1. The largest absolute Gasteiger partial charge is 0.472 e. The summed E-state index contributed by atoms with van der Waals surface area (Å²) in [5.41, 5.74) is 2.14. The molecular weight excluding hydrogens is 316 g/mol. The van der Waals surface area contributed by atoms with E-state index < -0.39 is 0 Å². The van der Waals surface area contributed by atoms with E-state index in [0.717, 1.165) is 17.3 Å². The minimum absolute atomic E-state index is 0.00212. The van der Waals surface area contributed by atoms with Crippen LogP contribution in [0.2, 0.25) is 0 Å². The lowest BCUT2D eigenvalue weighted by molar-refractivity contribution is 0.0773. The maximum absolute atomic E-state index is 12.8. The average Bonchev–Trinajstić information content (AvgIpc) is 3.28. The first-order valence-electron chi connectivity index (χ1n) is 8.13. The number of fused-ring (bicyclic) bond motifs is 1. The van der Waals surface area contributed by atoms with E-state index in [1.807, 2.05) is 24.3 Å². The molecule has 1 amide bonds. The van der Waals surface area contributed by atoms with Crippen LogP contribution in [-0.4, -0.2) is 40.0 Å². The van der Waals surface area contributed by atoms with Gasteiger partial charge >= 0.3 is 0 Å². The molecule has 0 bridgehead atoms. The third kappa shape index (κ3) is 2.92. The molecule has 1 N–H and O–H groups in total. The zero-order valence-corrected chi connectivity index (χ0v) is 13.5. The van der Waals surface area contributed by atoms with Crippen LogP contribution in [0.25, 0.3) is 10.9 Å². The summed E-state index contributed by atoms with van der Waals surface area (Å²) in [5, 5.41) is 9.87. The number of likely N-dealkylation sites (tertiary alicyclic amines) is 1. The Labute approximate surface area is 144 Å². The molecule has 0 radical (unpaired) electrons. The fourth-order valence-electron chi connectivity index (χ4n) is 3.14. The molecule has 6 nitrogen and oxygen atoms in total. The second-order valence-electron chi connectivity index (χ2n) is 6.02. The van der Waals surface area contributed by atoms with Crippen LogP contribution in [0.15, 0.2) is 48.8 Å². The number of para-hydroxylation sites is 1. The Bertz CT molecular complexity index is 973. The number of rotatable bonds is 3. The van der Waals surface area contributed by atoms with Crippen molar-refractivity contribution in [1.82, 2.24) is 14.9 Å². The summed E-state index contributed by atoms with van der Waals surface area (Å²) in [5.74, 6) is 0.424. The van der Waals surface area contributed by atoms with Gasteiger partial charge in [-0.1, -0.05) is 18.2 Å². The summed E-state index contributed by atoms with van der Waals surface area (Å²) < 4.78 is 5.84. The van der Waals surface area contributed by atoms with E-state index in [1.165, 1.54) is 0 Å². The Hall–Kier alpha value is -3.33. The highest BCUT2D eigenvalue weighted by Crippen LogP contribution is 2.23. The highest BCUT2D eigenvalue weighted by molar-refractivity contribution is 6.06. The topological polar surface area (TPSA) is 82.0 Å². The molecule has 1 unspecified atom stereocenters. The molecule has 1 aliphatic rings. The van der Waals surface area contributed by atoms with Crippen molar-refractivity contribution < 1.29 is 9.53 Å². The van der Waals surface area contributed by atoms with Crippen LogP contribution in [0.5, 0.6) is 5.88 Å². The van der Waals surface area contributed by atoms with Crippen LogP contribution < -0.4 is 4.74 Å². The van der Waals surface area contributed by atoms with Crippen LogP contribution in [-0.2, 0) is 0 Å². The van der Waals surface area contributed by atoms with Crippen LogP contribution in [0, 0.1) is 11.3 Å². The molecule has 0 spiro atoms. The average molecular weight is 332 g/mol. The molecule has 25 heavy (non-hydrogen) atoms. The van der Waals surface area contributed by atoms with Gasteiger partial charge in [0.15, 0.2) is 0 Å². The molecule has 124 valence electrons. The number of carbonyl (C=O) groups is 1. The lowest BCUT2D eigenvalue weighted by Crippen LogP contribution is -2.30. The van der Waals surface area contributed by atoms with Gasteiger partial charge < -0.3 is 14.6 Å². The van der Waals surface area contributed by atoms with E-state index in [2.05, 4.69) is 16.0 Å². The van der Waals surface area contributed by atoms with Gasteiger partial charge in [-0.3, -0.25) is 4.79 Å². The minimum atomic E-state index is -0.115. The second kappa shape index (κ2) is 6.29. The van der Waals surface area contributed by atoms with Gasteiger partial charge in [-0.2, -0.15) is 5.26 Å². The number of amides is 1. The molecule has 1 fully saturated rings. The number of carbonyl (C=O) groups excluding carboxylic acids is 1. The van der Waals surface area contributed by atoms with Gasteiger partial charge in [-0.25, -0.2) is 4.98 Å². The first-order valence-corrected chi connectivity index (χ1v) is 8.13. The fraction of sp³-hybridized carbons (Fsp3) is 0.211. The lowest BCUT2D eigenvalue weighted by atomic mass is 10.1. The highest BCUT2D eigenvalue weighted by Gasteiger charge is 2.29. The van der Waals surface area contributed by atoms with Gasteiger partial charge in [0.05, 0.1) is 23.7 Å². The van der Waals surface area contributed by atoms with E-state index in [-0.39, 0.29) is 12.0 Å². The SMILES string of the molecule is N#Cc1ccnc(OC2CCN(C(=O)c3c[nH]c4ccccc34)C2)c1. The number of nitriles is 1. The minimum Gasteiger partial charge on any atom is -0.472 e. The maximum Gasteiger partial charge on any atom is 0.256 e. The molecule has 0 aliphatic carbocycles. The zero-order chi connectivity index (χ0) is 17.2. The van der Waals surface area contributed by atoms with Crippen molar-refractivity contribution in [2.24, 2.45) is 0 Å². The third-order valence-electron chi connectivity index (χ3n) is 4.40. The summed E-state index contributed by atoms with van der Waals surface area (Å²) in [6, 6.07) is 13.1. The van der Waals surface area contributed by atoms with Crippen molar-refractivity contribution in [2.45, 2.75) is 12.5 Å². The highest BCUT2D eigenvalue weighted by atomic mass is 16.5. The molecule has 1 aliphatic heterocycles. The molecule has 3 aromatic rings. The summed E-state index contributed by atoms with van der Waals surface area (Å²) in [6.45, 7) is 1.15. The molecule has 1 aromatic carbocycles. The first kappa shape index (κ1) is 15.2. The van der Waals surface area contributed by atoms with Crippen molar-refractivity contribution in [3.05, 3.63) is 59.9 Å². The Kier molecular flexibility index (Phi) is 3.82. The maximum atomic E-state index is 12.8. The zero-order valence-electron chi connectivity index (χ0n) is 13.5. The number of benzene rings is 1. The van der Waals surface area contributed by atoms with E-state index in [4.69, 9.17) is 10.00 Å². The Morgan fingerprint density at radius 2 is 2.24 bits per heavy atom. The summed E-state index contributed by atoms with van der Waals surface area (Å²) >= 11 is 0. The first-order chi connectivity index (χ1) is 12.2. The van der Waals surface area contributed by atoms with Crippen molar-refractivity contribution in [2.75, 3.05) is 13.1 Å². The predicted octanol–water partition coefficient (Wildman–Crippen LogP) is 2.73. The van der Waals surface area contributed by atoms with Gasteiger partial charge in [0.1, 0.15) is 6.10 Å². The quantitative estimate of drug-likeness (QED) is 0.799. The number of hydrogen-bond acceptors (Lipinski definition) is 4. The van der Waals surface area contributed by atoms with E-state index in [9.17, 15) is 4.79 Å². The Morgan fingerprint density at radius 3 is 3.12 bits per heavy atom. The number of nitrogens with one attached hydrogen (secondary N) is 1.